The smallest absolute Gasteiger partial charge is 0.335 e. The van der Waals surface area contributed by atoms with Gasteiger partial charge in [0.15, 0.2) is 0 Å². The van der Waals surface area contributed by atoms with Crippen molar-refractivity contribution < 1.29 is 14.8 Å². The van der Waals surface area contributed by atoms with Crippen molar-refractivity contribution in [3.05, 3.63) is 87.2 Å². The zero-order valence-electron chi connectivity index (χ0n) is 14.2. The lowest BCUT2D eigenvalue weighted by molar-refractivity contribution is -0.384. The van der Waals surface area contributed by atoms with E-state index in [2.05, 4.69) is 5.10 Å². The van der Waals surface area contributed by atoms with Gasteiger partial charge in [-0.25, -0.2) is 9.48 Å². The van der Waals surface area contributed by atoms with Gasteiger partial charge in [-0.15, -0.1) is 0 Å². The van der Waals surface area contributed by atoms with E-state index in [1.54, 1.807) is 41.1 Å². The Balaban J connectivity index is 1.74. The average molecular weight is 361 g/mol. The van der Waals surface area contributed by atoms with E-state index in [4.69, 9.17) is 5.11 Å². The normalized spacial score (nSPS) is 14.3. The molecule has 0 aliphatic heterocycles. The molecule has 27 heavy (non-hydrogen) atoms. The van der Waals surface area contributed by atoms with E-state index < -0.39 is 10.9 Å². The van der Waals surface area contributed by atoms with E-state index >= 15 is 0 Å². The van der Waals surface area contributed by atoms with Gasteiger partial charge in [-0.3, -0.25) is 10.1 Å². The van der Waals surface area contributed by atoms with E-state index in [0.29, 0.717) is 0 Å². The quantitative estimate of drug-likeness (QED) is 0.560. The Labute approximate surface area is 154 Å². The third-order valence-corrected chi connectivity index (χ3v) is 4.59. The van der Waals surface area contributed by atoms with Crippen molar-refractivity contribution in [2.24, 2.45) is 0 Å². The van der Waals surface area contributed by atoms with E-state index in [1.165, 1.54) is 6.07 Å². The molecule has 0 saturated heterocycles. The first-order valence-corrected chi connectivity index (χ1v) is 8.39. The molecule has 7 nitrogen and oxygen atoms in total. The van der Waals surface area contributed by atoms with Crippen molar-refractivity contribution in [1.82, 2.24) is 9.78 Å². The number of hydrogen-bond acceptors (Lipinski definition) is 4. The summed E-state index contributed by atoms with van der Waals surface area (Å²) in [5.41, 5.74) is 4.92. The minimum atomic E-state index is -0.974. The molecule has 3 aromatic rings. The summed E-state index contributed by atoms with van der Waals surface area (Å²) in [4.78, 5) is 21.6. The summed E-state index contributed by atoms with van der Waals surface area (Å²) in [5.74, 6) is -0.974. The number of carboxylic acid groups (broad SMARTS) is 1. The van der Waals surface area contributed by atoms with Crippen LogP contribution < -0.4 is 0 Å². The highest BCUT2D eigenvalue weighted by Gasteiger charge is 2.23. The molecule has 0 spiro atoms. The predicted octanol–water partition coefficient (Wildman–Crippen LogP) is 3.97. The number of carboxylic acids is 1. The van der Waals surface area contributed by atoms with Gasteiger partial charge in [-0.05, 0) is 59.9 Å². The maximum absolute atomic E-state index is 11.0. The standard InChI is InChI=1S/C20H15N3O4/c24-20(25)14-6-8-17(9-7-14)22-19-15(4-5-16(19)12-21-22)10-13-2-1-3-18(11-13)23(26)27/h1-3,6-12H,4-5H2,(H,24,25)/b15-10-. The molecule has 0 saturated carbocycles. The van der Waals surface area contributed by atoms with Gasteiger partial charge in [-0.2, -0.15) is 5.10 Å². The molecular formula is C20H15N3O4. The van der Waals surface area contributed by atoms with Gasteiger partial charge in [0.25, 0.3) is 5.69 Å². The molecule has 1 heterocycles. The van der Waals surface area contributed by atoms with Crippen molar-refractivity contribution >= 4 is 23.3 Å². The SMILES string of the molecule is O=C(O)c1ccc(-n2ncc3c2/C(=C\c2cccc([N+](=O)[O-])c2)CC3)cc1. The van der Waals surface area contributed by atoms with Gasteiger partial charge in [-0.1, -0.05) is 12.1 Å². The van der Waals surface area contributed by atoms with Crippen molar-refractivity contribution in [2.75, 3.05) is 0 Å². The number of non-ortho nitro benzene ring substituents is 1. The van der Waals surface area contributed by atoms with Gasteiger partial charge >= 0.3 is 5.97 Å². The summed E-state index contributed by atoms with van der Waals surface area (Å²) >= 11 is 0. The number of allylic oxidation sites excluding steroid dienone is 1. The summed E-state index contributed by atoms with van der Waals surface area (Å²) in [5, 5.41) is 24.5. The van der Waals surface area contributed by atoms with Gasteiger partial charge in [0.2, 0.25) is 0 Å². The molecule has 0 fully saturated rings. The van der Waals surface area contributed by atoms with Gasteiger partial charge in [0, 0.05) is 12.1 Å². The first-order chi connectivity index (χ1) is 13.0. The number of nitro groups is 1. The Kier molecular flexibility index (Phi) is 4.04. The van der Waals surface area contributed by atoms with Crippen LogP contribution in [0.25, 0.3) is 17.3 Å². The van der Waals surface area contributed by atoms with Crippen molar-refractivity contribution in [3.8, 4) is 5.69 Å². The molecule has 0 amide bonds. The number of carbonyl (C=O) groups is 1. The third-order valence-electron chi connectivity index (χ3n) is 4.59. The fourth-order valence-corrected chi connectivity index (χ4v) is 3.31. The van der Waals surface area contributed by atoms with E-state index in [1.807, 2.05) is 18.3 Å². The highest BCUT2D eigenvalue weighted by Crippen LogP contribution is 2.35. The lowest BCUT2D eigenvalue weighted by Gasteiger charge is -2.08. The molecular weight excluding hydrogens is 346 g/mol. The molecule has 4 rings (SSSR count). The number of hydrogen-bond donors (Lipinski definition) is 1. The van der Waals surface area contributed by atoms with E-state index in [0.717, 1.165) is 40.9 Å². The predicted molar refractivity (Wildman–Crippen MR) is 99.8 cm³/mol. The van der Waals surface area contributed by atoms with E-state index in [9.17, 15) is 14.9 Å². The Bertz CT molecular complexity index is 1080. The number of benzene rings is 2. The first-order valence-electron chi connectivity index (χ1n) is 8.39. The Hall–Kier alpha value is -3.74. The molecule has 134 valence electrons. The number of aromatic carboxylic acids is 1. The average Bonchev–Trinajstić information content (AvgIpc) is 3.25. The monoisotopic (exact) mass is 361 g/mol. The van der Waals surface area contributed by atoms with E-state index in [-0.39, 0.29) is 11.3 Å². The van der Waals surface area contributed by atoms with Crippen molar-refractivity contribution in [2.45, 2.75) is 12.8 Å². The molecule has 0 radical (unpaired) electrons. The van der Waals surface area contributed by atoms with Crippen LogP contribution in [0.4, 0.5) is 5.69 Å². The van der Waals surface area contributed by atoms with Crippen molar-refractivity contribution in [3.63, 3.8) is 0 Å². The zero-order chi connectivity index (χ0) is 19.0. The second-order valence-electron chi connectivity index (χ2n) is 6.30. The summed E-state index contributed by atoms with van der Waals surface area (Å²) < 4.78 is 1.79. The van der Waals surface area contributed by atoms with Crippen LogP contribution in [-0.4, -0.2) is 25.8 Å². The Morgan fingerprint density at radius 2 is 1.96 bits per heavy atom. The highest BCUT2D eigenvalue weighted by molar-refractivity contribution is 5.88. The highest BCUT2D eigenvalue weighted by atomic mass is 16.6. The molecule has 7 heteroatoms. The minimum absolute atomic E-state index is 0.0559. The molecule has 0 atom stereocenters. The minimum Gasteiger partial charge on any atom is -0.478 e. The van der Waals surface area contributed by atoms with Gasteiger partial charge in [0.05, 0.1) is 28.1 Å². The number of fused-ring (bicyclic) bond motifs is 1. The van der Waals surface area contributed by atoms with Gasteiger partial charge in [0.1, 0.15) is 0 Å². The molecule has 1 aliphatic rings. The lowest BCUT2D eigenvalue weighted by atomic mass is 10.1. The van der Waals surface area contributed by atoms with Crippen LogP contribution in [0.2, 0.25) is 0 Å². The van der Waals surface area contributed by atoms with Crippen LogP contribution in [0.3, 0.4) is 0 Å². The number of nitro benzene ring substituents is 1. The van der Waals surface area contributed by atoms with Crippen LogP contribution in [-0.2, 0) is 6.42 Å². The fourth-order valence-electron chi connectivity index (χ4n) is 3.31. The summed E-state index contributed by atoms with van der Waals surface area (Å²) in [6, 6.07) is 13.1. The largest absolute Gasteiger partial charge is 0.478 e. The first kappa shape index (κ1) is 16.7. The topological polar surface area (TPSA) is 98.3 Å². The number of aryl methyl sites for hydroxylation is 1. The van der Waals surface area contributed by atoms with Crippen LogP contribution in [0.15, 0.2) is 54.7 Å². The van der Waals surface area contributed by atoms with Crippen molar-refractivity contribution in [1.29, 1.82) is 0 Å². The molecule has 2 aromatic carbocycles. The number of aromatic nitrogens is 2. The lowest BCUT2D eigenvalue weighted by Crippen LogP contribution is -2.02. The maximum Gasteiger partial charge on any atom is 0.335 e. The second-order valence-corrected chi connectivity index (χ2v) is 6.30. The van der Waals surface area contributed by atoms with Crippen LogP contribution in [0, 0.1) is 10.1 Å². The molecule has 1 aromatic heterocycles. The molecule has 0 unspecified atom stereocenters. The Morgan fingerprint density at radius 3 is 2.67 bits per heavy atom. The maximum atomic E-state index is 11.0. The zero-order valence-corrected chi connectivity index (χ0v) is 14.2. The third kappa shape index (κ3) is 3.10. The van der Waals surface area contributed by atoms with Crippen LogP contribution in [0.1, 0.15) is 33.6 Å². The molecule has 1 N–H and O–H groups in total. The number of rotatable bonds is 4. The summed E-state index contributed by atoms with van der Waals surface area (Å²) in [6.07, 6.45) is 5.43. The van der Waals surface area contributed by atoms with Gasteiger partial charge < -0.3 is 5.11 Å². The molecule has 1 aliphatic carbocycles. The fraction of sp³-hybridized carbons (Fsp3) is 0.100. The van der Waals surface area contributed by atoms with Crippen LogP contribution >= 0.6 is 0 Å². The molecule has 0 bridgehead atoms. The number of nitrogens with zero attached hydrogens (tertiary/aromatic N) is 3. The summed E-state index contributed by atoms with van der Waals surface area (Å²) in [7, 11) is 0. The summed E-state index contributed by atoms with van der Waals surface area (Å²) in [6.45, 7) is 0. The Morgan fingerprint density at radius 1 is 1.19 bits per heavy atom. The van der Waals surface area contributed by atoms with Crippen LogP contribution in [0.5, 0.6) is 0 Å². The second kappa shape index (κ2) is 6.53.